The number of H-pyrrole nitrogens is 1. The summed E-state index contributed by atoms with van der Waals surface area (Å²) in [5.41, 5.74) is 6.70. The minimum atomic E-state index is -0.802. The Labute approximate surface area is 213 Å². The first-order chi connectivity index (χ1) is 17.9. The fourth-order valence-electron chi connectivity index (χ4n) is 4.04. The van der Waals surface area contributed by atoms with Crippen LogP contribution in [0.15, 0.2) is 53.3 Å². The van der Waals surface area contributed by atoms with Crippen molar-refractivity contribution in [3.8, 4) is 22.8 Å². The molecule has 4 N–H and O–H groups in total. The highest BCUT2D eigenvalue weighted by Gasteiger charge is 2.21. The number of nitrogens with zero attached hydrogens (tertiary/aromatic N) is 3. The molecule has 2 aromatic heterocycles. The van der Waals surface area contributed by atoms with Gasteiger partial charge in [-0.25, -0.2) is 19.3 Å². The first-order valence-electron chi connectivity index (χ1n) is 12.4. The van der Waals surface area contributed by atoms with E-state index < -0.39 is 11.6 Å². The molecule has 2 aromatic carbocycles. The van der Waals surface area contributed by atoms with E-state index in [1.807, 2.05) is 6.92 Å². The fraction of sp³-hybridized carbons (Fsp3) is 0.296. The van der Waals surface area contributed by atoms with Gasteiger partial charge in [-0.3, -0.25) is 9.59 Å². The lowest BCUT2D eigenvalue weighted by atomic mass is 10.1. The lowest BCUT2D eigenvalue weighted by Gasteiger charge is -2.09. The molecular weight excluding hydrogens is 472 g/mol. The molecule has 0 fully saturated rings. The van der Waals surface area contributed by atoms with Crippen LogP contribution in [0.25, 0.3) is 28.2 Å². The molecule has 0 aliphatic carbocycles. The molecule has 0 aliphatic rings. The van der Waals surface area contributed by atoms with Gasteiger partial charge in [0.2, 0.25) is 0 Å². The Kier molecular flexibility index (Phi) is 7.97. The number of imidazole rings is 1. The summed E-state index contributed by atoms with van der Waals surface area (Å²) < 4.78 is 6.79. The smallest absolute Gasteiger partial charge is 0.332 e. The van der Waals surface area contributed by atoms with Crippen molar-refractivity contribution in [2.24, 2.45) is 5.73 Å². The maximum atomic E-state index is 13.0. The average Bonchev–Trinajstić information content (AvgIpc) is 3.24. The second-order valence-corrected chi connectivity index (χ2v) is 8.55. The number of fused-ring (bicyclic) bond motifs is 1. The van der Waals surface area contributed by atoms with Gasteiger partial charge in [0.1, 0.15) is 11.3 Å². The number of aromatic amines is 1. The van der Waals surface area contributed by atoms with Crippen molar-refractivity contribution in [2.45, 2.75) is 39.5 Å². The molecule has 10 heteroatoms. The van der Waals surface area contributed by atoms with Crippen LogP contribution >= 0.6 is 0 Å². The van der Waals surface area contributed by atoms with Gasteiger partial charge in [-0.05, 0) is 55.8 Å². The Morgan fingerprint density at radius 3 is 2.54 bits per heavy atom. The maximum Gasteiger partial charge on any atom is 0.332 e. The van der Waals surface area contributed by atoms with Crippen molar-refractivity contribution in [2.75, 3.05) is 13.2 Å². The average molecular weight is 503 g/mol. The number of ether oxygens (including phenoxy) is 1. The molecule has 0 saturated heterocycles. The van der Waals surface area contributed by atoms with Gasteiger partial charge < -0.3 is 20.8 Å². The molecule has 0 spiro atoms. The number of amides is 2. The zero-order valence-corrected chi connectivity index (χ0v) is 20.9. The van der Waals surface area contributed by atoms with Crippen LogP contribution in [-0.4, -0.2) is 44.5 Å². The molecule has 4 rings (SSSR count). The van der Waals surface area contributed by atoms with E-state index in [-0.39, 0.29) is 28.6 Å². The van der Waals surface area contributed by atoms with Crippen LogP contribution in [-0.2, 0) is 0 Å². The molecule has 192 valence electrons. The van der Waals surface area contributed by atoms with Gasteiger partial charge in [0.15, 0.2) is 17.2 Å². The summed E-state index contributed by atoms with van der Waals surface area (Å²) in [7, 11) is 0. The minimum Gasteiger partial charge on any atom is -0.494 e. The Hall–Kier alpha value is -4.47. The highest BCUT2D eigenvalue weighted by Crippen LogP contribution is 2.24. The number of carbonyl (C=O) groups excluding carboxylic acids is 2. The Morgan fingerprint density at radius 2 is 1.84 bits per heavy atom. The summed E-state index contributed by atoms with van der Waals surface area (Å²) in [5, 5.41) is 2.92. The van der Waals surface area contributed by atoms with Gasteiger partial charge in [0.25, 0.3) is 11.8 Å². The Morgan fingerprint density at radius 1 is 1.05 bits per heavy atom. The second-order valence-electron chi connectivity index (χ2n) is 8.55. The summed E-state index contributed by atoms with van der Waals surface area (Å²) in [5.74, 6) is -0.127. The van der Waals surface area contributed by atoms with Crippen molar-refractivity contribution in [1.29, 1.82) is 0 Å². The molecule has 0 atom stereocenters. The standard InChI is InChI=1S/C27H30N6O4/c1-3-5-6-7-15-29-26(35)18-9-8-10-19(16-18)33-25-22(31-27(33)36)21(23(28)34)30-24(32-25)17-11-13-20(14-12-17)37-4-2/h8-14,16H,3-7,15H2,1-2H3,(H2,28,34)(H,29,35)(H,31,36). The summed E-state index contributed by atoms with van der Waals surface area (Å²) in [6.45, 7) is 5.13. The number of hydrogen-bond acceptors (Lipinski definition) is 6. The molecule has 2 amide bonds. The van der Waals surface area contributed by atoms with Crippen molar-refractivity contribution >= 4 is 23.0 Å². The first-order valence-corrected chi connectivity index (χ1v) is 12.4. The van der Waals surface area contributed by atoms with Gasteiger partial charge >= 0.3 is 5.69 Å². The van der Waals surface area contributed by atoms with E-state index in [0.29, 0.717) is 35.7 Å². The van der Waals surface area contributed by atoms with E-state index in [1.54, 1.807) is 48.5 Å². The van der Waals surface area contributed by atoms with Gasteiger partial charge in [0.05, 0.1) is 12.3 Å². The van der Waals surface area contributed by atoms with Gasteiger partial charge in [0, 0.05) is 17.7 Å². The van der Waals surface area contributed by atoms with Crippen molar-refractivity contribution in [3.63, 3.8) is 0 Å². The topological polar surface area (TPSA) is 145 Å². The minimum absolute atomic E-state index is 0.106. The number of primary amides is 1. The third-order valence-electron chi connectivity index (χ3n) is 5.88. The van der Waals surface area contributed by atoms with Crippen LogP contribution in [0.4, 0.5) is 0 Å². The second kappa shape index (κ2) is 11.5. The zero-order chi connectivity index (χ0) is 26.4. The molecule has 0 radical (unpaired) electrons. The zero-order valence-electron chi connectivity index (χ0n) is 20.9. The third-order valence-corrected chi connectivity index (χ3v) is 5.88. The van der Waals surface area contributed by atoms with Gasteiger partial charge in [-0.15, -0.1) is 0 Å². The largest absolute Gasteiger partial charge is 0.494 e. The van der Waals surface area contributed by atoms with Crippen LogP contribution in [0.1, 0.15) is 60.4 Å². The number of carbonyl (C=O) groups is 2. The van der Waals surface area contributed by atoms with E-state index in [9.17, 15) is 14.4 Å². The monoisotopic (exact) mass is 502 g/mol. The van der Waals surface area contributed by atoms with Gasteiger partial charge in [-0.1, -0.05) is 32.3 Å². The number of nitrogens with two attached hydrogens (primary N) is 1. The summed E-state index contributed by atoms with van der Waals surface area (Å²) >= 11 is 0. The molecule has 0 saturated carbocycles. The van der Waals surface area contributed by atoms with Crippen molar-refractivity contribution in [3.05, 3.63) is 70.3 Å². The molecule has 4 aromatic rings. The first kappa shape index (κ1) is 25.6. The summed E-state index contributed by atoms with van der Waals surface area (Å²) in [4.78, 5) is 49.5. The number of hydrogen-bond donors (Lipinski definition) is 3. The van der Waals surface area contributed by atoms with Crippen LogP contribution in [0.2, 0.25) is 0 Å². The van der Waals surface area contributed by atoms with Crippen LogP contribution in [0.3, 0.4) is 0 Å². The van der Waals surface area contributed by atoms with E-state index in [4.69, 9.17) is 10.5 Å². The molecule has 37 heavy (non-hydrogen) atoms. The molecule has 0 bridgehead atoms. The highest BCUT2D eigenvalue weighted by molar-refractivity contribution is 6.02. The highest BCUT2D eigenvalue weighted by atomic mass is 16.5. The van der Waals surface area contributed by atoms with Crippen LogP contribution in [0, 0.1) is 0 Å². The number of aromatic nitrogens is 4. The van der Waals surface area contributed by atoms with Crippen LogP contribution in [0.5, 0.6) is 5.75 Å². The lowest BCUT2D eigenvalue weighted by Crippen LogP contribution is -2.24. The van der Waals surface area contributed by atoms with E-state index in [1.165, 1.54) is 4.57 Å². The molecule has 0 unspecified atom stereocenters. The predicted octanol–water partition coefficient (Wildman–Crippen LogP) is 3.58. The molecule has 10 nitrogen and oxygen atoms in total. The Balaban J connectivity index is 1.74. The van der Waals surface area contributed by atoms with E-state index in [2.05, 4.69) is 27.2 Å². The van der Waals surface area contributed by atoms with Crippen molar-refractivity contribution in [1.82, 2.24) is 24.8 Å². The lowest BCUT2D eigenvalue weighted by molar-refractivity contribution is 0.0951. The van der Waals surface area contributed by atoms with E-state index in [0.717, 1.165) is 25.7 Å². The molecule has 2 heterocycles. The fourth-order valence-corrected chi connectivity index (χ4v) is 4.04. The third kappa shape index (κ3) is 5.69. The quantitative estimate of drug-likeness (QED) is 0.267. The number of nitrogens with one attached hydrogen (secondary N) is 2. The van der Waals surface area contributed by atoms with Crippen molar-refractivity contribution < 1.29 is 14.3 Å². The normalized spacial score (nSPS) is 11.0. The Bertz CT molecular complexity index is 1470. The SMILES string of the molecule is CCCCCCNC(=O)c1cccc(-n2c(=O)[nH]c3c(C(N)=O)nc(-c4ccc(OCC)cc4)nc32)c1. The molecule has 0 aliphatic heterocycles. The predicted molar refractivity (Wildman–Crippen MR) is 141 cm³/mol. The van der Waals surface area contributed by atoms with Gasteiger partial charge in [-0.2, -0.15) is 0 Å². The number of rotatable bonds is 11. The van der Waals surface area contributed by atoms with Crippen LogP contribution < -0.4 is 21.5 Å². The summed E-state index contributed by atoms with van der Waals surface area (Å²) in [6.07, 6.45) is 4.21. The maximum absolute atomic E-state index is 13.0. The number of benzene rings is 2. The number of unbranched alkanes of at least 4 members (excludes halogenated alkanes) is 3. The summed E-state index contributed by atoms with van der Waals surface area (Å²) in [6, 6.07) is 13.7. The molecular formula is C27H30N6O4. The van der Waals surface area contributed by atoms with E-state index >= 15 is 0 Å².